The molecule has 0 aliphatic rings. The van der Waals surface area contributed by atoms with Gasteiger partial charge in [0.1, 0.15) is 10.4 Å². The Morgan fingerprint density at radius 2 is 1.91 bits per heavy atom. The van der Waals surface area contributed by atoms with Crippen molar-refractivity contribution in [1.82, 2.24) is 4.98 Å². The van der Waals surface area contributed by atoms with Crippen LogP contribution in [0.15, 0.2) is 54.7 Å². The lowest BCUT2D eigenvalue weighted by molar-refractivity contribution is 0.561. The summed E-state index contributed by atoms with van der Waals surface area (Å²) in [4.78, 5) is 4.34. The molecule has 5 nitrogen and oxygen atoms in total. The Labute approximate surface area is 144 Å². The molecule has 2 aromatic carbocycles. The van der Waals surface area contributed by atoms with E-state index in [0.717, 1.165) is 0 Å². The maximum absolute atomic E-state index is 12.5. The van der Waals surface area contributed by atoms with Crippen LogP contribution in [0.3, 0.4) is 0 Å². The second kappa shape index (κ2) is 5.68. The fourth-order valence-corrected chi connectivity index (χ4v) is 4.55. The van der Waals surface area contributed by atoms with Gasteiger partial charge in [0, 0.05) is 15.9 Å². The van der Waals surface area contributed by atoms with Crippen LogP contribution in [0, 0.1) is 6.92 Å². The predicted octanol–water partition coefficient (Wildman–Crippen LogP) is 4.46. The summed E-state index contributed by atoms with van der Waals surface area (Å²) < 4.78 is 34.1. The van der Waals surface area contributed by atoms with Gasteiger partial charge in [-0.3, -0.25) is 4.72 Å². The minimum absolute atomic E-state index is 0.151. The van der Waals surface area contributed by atoms with Crippen LogP contribution < -0.4 is 4.72 Å². The fourth-order valence-electron chi connectivity index (χ4n) is 2.00. The molecule has 0 saturated heterocycles. The first-order chi connectivity index (χ1) is 10.3. The highest BCUT2D eigenvalue weighted by atomic mass is 79.9. The Morgan fingerprint density at radius 1 is 1.14 bits per heavy atom. The van der Waals surface area contributed by atoms with Crippen molar-refractivity contribution in [1.29, 1.82) is 0 Å². The van der Waals surface area contributed by atoms with Crippen LogP contribution in [0.2, 0.25) is 0 Å². The summed E-state index contributed by atoms with van der Waals surface area (Å²) in [7, 11) is -3.71. The van der Waals surface area contributed by atoms with E-state index in [2.05, 4.69) is 41.6 Å². The number of oxazole rings is 1. The maximum Gasteiger partial charge on any atom is 0.263 e. The number of nitrogens with one attached hydrogen (secondary N) is 1. The molecule has 3 rings (SSSR count). The molecule has 0 aliphatic carbocycles. The van der Waals surface area contributed by atoms with Gasteiger partial charge in [-0.2, -0.15) is 0 Å². The van der Waals surface area contributed by atoms with Gasteiger partial charge in [-0.1, -0.05) is 15.9 Å². The molecule has 0 radical (unpaired) electrons. The third kappa shape index (κ3) is 3.04. The highest BCUT2D eigenvalue weighted by Crippen LogP contribution is 2.28. The van der Waals surface area contributed by atoms with Crippen LogP contribution in [0.1, 0.15) is 5.89 Å². The number of hydrogen-bond donors (Lipinski definition) is 1. The largest absolute Gasteiger partial charge is 0.441 e. The summed E-state index contributed by atoms with van der Waals surface area (Å²) in [6.45, 7) is 1.74. The summed E-state index contributed by atoms with van der Waals surface area (Å²) in [6, 6.07) is 9.91. The first kappa shape index (κ1) is 15.5. The molecular formula is C14H10Br2N2O3S. The summed E-state index contributed by atoms with van der Waals surface area (Å²) in [6.07, 6.45) is 0. The number of anilines is 1. The van der Waals surface area contributed by atoms with Gasteiger partial charge in [0.2, 0.25) is 0 Å². The monoisotopic (exact) mass is 444 g/mol. The zero-order valence-corrected chi connectivity index (χ0v) is 15.3. The van der Waals surface area contributed by atoms with Crippen molar-refractivity contribution in [3.05, 3.63) is 51.2 Å². The zero-order valence-electron chi connectivity index (χ0n) is 11.3. The number of aryl methyl sites for hydroxylation is 1. The van der Waals surface area contributed by atoms with Crippen LogP contribution in [0.4, 0.5) is 5.69 Å². The van der Waals surface area contributed by atoms with Crippen molar-refractivity contribution in [3.63, 3.8) is 0 Å². The Morgan fingerprint density at radius 3 is 2.68 bits per heavy atom. The maximum atomic E-state index is 12.5. The average molecular weight is 446 g/mol. The summed E-state index contributed by atoms with van der Waals surface area (Å²) in [5.74, 6) is 0.532. The van der Waals surface area contributed by atoms with E-state index in [1.807, 2.05) is 0 Å². The number of fused-ring (bicyclic) bond motifs is 1. The molecule has 0 amide bonds. The number of sulfonamides is 1. The van der Waals surface area contributed by atoms with Crippen molar-refractivity contribution < 1.29 is 12.8 Å². The second-order valence-electron chi connectivity index (χ2n) is 4.60. The molecule has 0 bridgehead atoms. The number of halogens is 2. The predicted molar refractivity (Wildman–Crippen MR) is 91.4 cm³/mol. The Bertz CT molecular complexity index is 967. The topological polar surface area (TPSA) is 72.2 Å². The van der Waals surface area contributed by atoms with Gasteiger partial charge in [-0.05, 0) is 52.3 Å². The van der Waals surface area contributed by atoms with Crippen molar-refractivity contribution >= 4 is 58.7 Å². The molecule has 1 aromatic heterocycles. The lowest BCUT2D eigenvalue weighted by Gasteiger charge is -2.10. The fraction of sp³-hybridized carbons (Fsp3) is 0.0714. The van der Waals surface area contributed by atoms with Crippen molar-refractivity contribution in [3.8, 4) is 0 Å². The average Bonchev–Trinajstić information content (AvgIpc) is 2.80. The van der Waals surface area contributed by atoms with E-state index < -0.39 is 10.0 Å². The SMILES string of the molecule is Cc1nc2cc(NS(=O)(=O)c3cc(Br)ccc3Br)ccc2o1. The van der Waals surface area contributed by atoms with Gasteiger partial charge in [-0.25, -0.2) is 13.4 Å². The summed E-state index contributed by atoms with van der Waals surface area (Å²) >= 11 is 6.53. The highest BCUT2D eigenvalue weighted by Gasteiger charge is 2.18. The molecule has 8 heteroatoms. The number of benzene rings is 2. The molecule has 0 fully saturated rings. The van der Waals surface area contributed by atoms with Gasteiger partial charge in [0.25, 0.3) is 10.0 Å². The third-order valence-corrected chi connectivity index (χ3v) is 5.80. The van der Waals surface area contributed by atoms with E-state index in [1.54, 1.807) is 37.3 Å². The smallest absolute Gasteiger partial charge is 0.263 e. The Kier molecular flexibility index (Phi) is 4.00. The molecule has 0 saturated carbocycles. The quantitative estimate of drug-likeness (QED) is 0.645. The van der Waals surface area contributed by atoms with E-state index in [9.17, 15) is 8.42 Å². The standard InChI is InChI=1S/C14H10Br2N2O3S/c1-8-17-12-7-10(3-5-13(12)21-8)18-22(19,20)14-6-9(15)2-4-11(14)16/h2-7,18H,1H3. The first-order valence-corrected chi connectivity index (χ1v) is 9.27. The molecule has 3 aromatic rings. The lowest BCUT2D eigenvalue weighted by Crippen LogP contribution is -2.13. The van der Waals surface area contributed by atoms with Crippen LogP contribution in [-0.2, 0) is 10.0 Å². The second-order valence-corrected chi connectivity index (χ2v) is 8.02. The van der Waals surface area contributed by atoms with Gasteiger partial charge < -0.3 is 4.42 Å². The van der Waals surface area contributed by atoms with E-state index >= 15 is 0 Å². The molecule has 0 aliphatic heterocycles. The molecule has 0 spiro atoms. The highest BCUT2D eigenvalue weighted by molar-refractivity contribution is 9.11. The van der Waals surface area contributed by atoms with Gasteiger partial charge in [-0.15, -0.1) is 0 Å². The van der Waals surface area contributed by atoms with E-state index in [0.29, 0.717) is 31.6 Å². The minimum atomic E-state index is -3.71. The molecule has 1 heterocycles. The molecule has 22 heavy (non-hydrogen) atoms. The van der Waals surface area contributed by atoms with Gasteiger partial charge in [0.05, 0.1) is 5.69 Å². The van der Waals surface area contributed by atoms with Crippen molar-refractivity contribution in [2.24, 2.45) is 0 Å². The number of hydrogen-bond acceptors (Lipinski definition) is 4. The molecule has 0 atom stereocenters. The van der Waals surface area contributed by atoms with Gasteiger partial charge in [0.15, 0.2) is 11.5 Å². The normalized spacial score (nSPS) is 11.8. The third-order valence-electron chi connectivity index (χ3n) is 2.93. The van der Waals surface area contributed by atoms with Gasteiger partial charge >= 0.3 is 0 Å². The Balaban J connectivity index is 2.00. The van der Waals surface area contributed by atoms with Crippen LogP contribution in [0.5, 0.6) is 0 Å². The Hall–Kier alpha value is -1.38. The lowest BCUT2D eigenvalue weighted by atomic mass is 10.3. The van der Waals surface area contributed by atoms with Crippen molar-refractivity contribution in [2.45, 2.75) is 11.8 Å². The number of rotatable bonds is 3. The van der Waals surface area contributed by atoms with Crippen LogP contribution >= 0.6 is 31.9 Å². The van der Waals surface area contributed by atoms with Crippen LogP contribution in [0.25, 0.3) is 11.1 Å². The molecule has 0 unspecified atom stereocenters. The molecule has 1 N–H and O–H groups in total. The molecular weight excluding hydrogens is 436 g/mol. The van der Waals surface area contributed by atoms with E-state index in [-0.39, 0.29) is 4.90 Å². The number of nitrogens with zero attached hydrogens (tertiary/aromatic N) is 1. The number of aromatic nitrogens is 1. The van der Waals surface area contributed by atoms with E-state index in [4.69, 9.17) is 4.42 Å². The molecule has 114 valence electrons. The van der Waals surface area contributed by atoms with Crippen molar-refractivity contribution in [2.75, 3.05) is 4.72 Å². The zero-order chi connectivity index (χ0) is 15.9. The minimum Gasteiger partial charge on any atom is -0.441 e. The van der Waals surface area contributed by atoms with E-state index in [1.165, 1.54) is 6.07 Å². The first-order valence-electron chi connectivity index (χ1n) is 6.20. The van der Waals surface area contributed by atoms with Crippen LogP contribution in [-0.4, -0.2) is 13.4 Å². The summed E-state index contributed by atoms with van der Waals surface area (Å²) in [5, 5.41) is 0. The summed E-state index contributed by atoms with van der Waals surface area (Å²) in [5.41, 5.74) is 1.64.